The van der Waals surface area contributed by atoms with Gasteiger partial charge in [0.15, 0.2) is 23.8 Å². The fourth-order valence-corrected chi connectivity index (χ4v) is 2.55. The van der Waals surface area contributed by atoms with E-state index in [1.165, 1.54) is 44.6 Å². The summed E-state index contributed by atoms with van der Waals surface area (Å²) in [6, 6.07) is 8.56. The summed E-state index contributed by atoms with van der Waals surface area (Å²) >= 11 is 0. The zero-order chi connectivity index (χ0) is 21.0. The molecule has 3 rings (SSSR count). The normalized spacial score (nSPS) is 14.4. The molecule has 1 heterocycles. The van der Waals surface area contributed by atoms with E-state index in [9.17, 15) is 14.0 Å². The second kappa shape index (κ2) is 8.42. The number of cyclic esters (lactones) is 1. The number of hydrogen-bond acceptors (Lipinski definition) is 7. The summed E-state index contributed by atoms with van der Waals surface area (Å²) in [6.45, 7) is -0.356. The molecule has 1 aliphatic rings. The quantitative estimate of drug-likeness (QED) is 0.563. The van der Waals surface area contributed by atoms with Crippen LogP contribution in [0.1, 0.15) is 11.1 Å². The highest BCUT2D eigenvalue weighted by molar-refractivity contribution is 6.12. The molecule has 0 saturated heterocycles. The minimum absolute atomic E-state index is 0.0410. The summed E-state index contributed by atoms with van der Waals surface area (Å²) in [5.74, 6) is -0.916. The maximum atomic E-state index is 13.1. The number of carbonyl (C=O) groups excluding carboxylic acids is 2. The Bertz CT molecular complexity index is 989. The van der Waals surface area contributed by atoms with Gasteiger partial charge in [-0.05, 0) is 48.0 Å². The summed E-state index contributed by atoms with van der Waals surface area (Å²) in [7, 11) is 2.83. The molecule has 29 heavy (non-hydrogen) atoms. The average Bonchev–Trinajstić information content (AvgIpc) is 3.06. The predicted octanol–water partition coefficient (Wildman–Crippen LogP) is 2.05. The van der Waals surface area contributed by atoms with Crippen molar-refractivity contribution in [2.75, 3.05) is 20.8 Å². The van der Waals surface area contributed by atoms with E-state index in [1.807, 2.05) is 0 Å². The zero-order valence-electron chi connectivity index (χ0n) is 15.6. The molecule has 8 nitrogen and oxygen atoms in total. The number of halogens is 1. The number of amides is 1. The summed E-state index contributed by atoms with van der Waals surface area (Å²) in [5.41, 5.74) is 6.13. The van der Waals surface area contributed by atoms with Crippen molar-refractivity contribution in [3.8, 4) is 17.2 Å². The van der Waals surface area contributed by atoms with Crippen LogP contribution in [0.4, 0.5) is 4.39 Å². The third-order valence-corrected chi connectivity index (χ3v) is 3.86. The lowest BCUT2D eigenvalue weighted by molar-refractivity contribution is -0.130. The largest absolute Gasteiger partial charge is 0.493 e. The van der Waals surface area contributed by atoms with Gasteiger partial charge in [0.05, 0.1) is 14.2 Å². The Morgan fingerprint density at radius 2 is 1.79 bits per heavy atom. The van der Waals surface area contributed by atoms with E-state index < -0.39 is 17.7 Å². The van der Waals surface area contributed by atoms with E-state index in [-0.39, 0.29) is 35.5 Å². The van der Waals surface area contributed by atoms with E-state index in [4.69, 9.17) is 24.7 Å². The SMILES string of the molecule is COc1cc(C=C2N=C(c3ccc(F)cc3)OC2=O)cc(OC)c1OCC(N)=O. The lowest BCUT2D eigenvalue weighted by Crippen LogP contribution is -2.20. The van der Waals surface area contributed by atoms with Crippen LogP contribution in [-0.4, -0.2) is 38.6 Å². The molecular weight excluding hydrogens is 383 g/mol. The van der Waals surface area contributed by atoms with Gasteiger partial charge >= 0.3 is 5.97 Å². The standard InChI is InChI=1S/C20H17FN2O6/c1-26-15-8-11(9-16(27-2)18(15)28-10-17(22)24)7-14-20(25)29-19(23-14)12-3-5-13(21)6-4-12/h3-9H,10H2,1-2H3,(H2,22,24). The Kier molecular flexibility index (Phi) is 5.77. The number of ether oxygens (including phenoxy) is 4. The van der Waals surface area contributed by atoms with Crippen molar-refractivity contribution < 1.29 is 32.9 Å². The second-order valence-corrected chi connectivity index (χ2v) is 5.85. The van der Waals surface area contributed by atoms with Crippen LogP contribution >= 0.6 is 0 Å². The Morgan fingerprint density at radius 3 is 2.34 bits per heavy atom. The molecule has 0 saturated carbocycles. The topological polar surface area (TPSA) is 109 Å². The summed E-state index contributed by atoms with van der Waals surface area (Å²) in [4.78, 5) is 27.3. The van der Waals surface area contributed by atoms with Gasteiger partial charge in [-0.3, -0.25) is 4.79 Å². The monoisotopic (exact) mass is 400 g/mol. The molecule has 0 bridgehead atoms. The Labute approximate surface area is 165 Å². The van der Waals surface area contributed by atoms with E-state index in [1.54, 1.807) is 12.1 Å². The molecule has 0 spiro atoms. The van der Waals surface area contributed by atoms with Crippen LogP contribution in [0, 0.1) is 5.82 Å². The van der Waals surface area contributed by atoms with Crippen LogP contribution in [0.2, 0.25) is 0 Å². The van der Waals surface area contributed by atoms with Crippen molar-refractivity contribution in [2.24, 2.45) is 10.7 Å². The van der Waals surface area contributed by atoms with Crippen LogP contribution in [0.3, 0.4) is 0 Å². The maximum absolute atomic E-state index is 13.1. The lowest BCUT2D eigenvalue weighted by atomic mass is 10.1. The minimum Gasteiger partial charge on any atom is -0.493 e. The molecular formula is C20H17FN2O6. The number of nitrogens with zero attached hydrogens (tertiary/aromatic N) is 1. The number of aliphatic imine (C=N–C) groups is 1. The van der Waals surface area contributed by atoms with Crippen molar-refractivity contribution in [2.45, 2.75) is 0 Å². The first-order valence-electron chi connectivity index (χ1n) is 8.37. The molecule has 9 heteroatoms. The van der Waals surface area contributed by atoms with Crippen molar-refractivity contribution in [3.05, 3.63) is 59.0 Å². The fraction of sp³-hybridized carbons (Fsp3) is 0.150. The third-order valence-electron chi connectivity index (χ3n) is 3.86. The van der Waals surface area contributed by atoms with Gasteiger partial charge in [0.2, 0.25) is 11.6 Å². The highest BCUT2D eigenvalue weighted by Crippen LogP contribution is 2.39. The molecule has 0 unspecified atom stereocenters. The number of nitrogens with two attached hydrogens (primary N) is 1. The number of esters is 1. The molecule has 2 aromatic rings. The number of methoxy groups -OCH3 is 2. The minimum atomic E-state index is -0.656. The first kappa shape index (κ1) is 19.9. The number of rotatable bonds is 7. The number of hydrogen-bond donors (Lipinski definition) is 1. The molecule has 150 valence electrons. The molecule has 0 atom stereocenters. The van der Waals surface area contributed by atoms with Gasteiger partial charge in [0.1, 0.15) is 5.82 Å². The van der Waals surface area contributed by atoms with Crippen molar-refractivity contribution >= 4 is 23.9 Å². The van der Waals surface area contributed by atoms with Gasteiger partial charge in [-0.15, -0.1) is 0 Å². The molecule has 0 radical (unpaired) electrons. The maximum Gasteiger partial charge on any atom is 0.363 e. The van der Waals surface area contributed by atoms with Crippen molar-refractivity contribution in [3.63, 3.8) is 0 Å². The molecule has 2 N–H and O–H groups in total. The summed E-state index contributed by atoms with van der Waals surface area (Å²) in [6.07, 6.45) is 1.47. The Balaban J connectivity index is 1.95. The molecule has 0 aliphatic carbocycles. The highest BCUT2D eigenvalue weighted by Gasteiger charge is 2.25. The summed E-state index contributed by atoms with van der Waals surface area (Å²) in [5, 5.41) is 0. The van der Waals surface area contributed by atoms with Crippen LogP contribution < -0.4 is 19.9 Å². The van der Waals surface area contributed by atoms with Crippen LogP contribution in [0.25, 0.3) is 6.08 Å². The van der Waals surface area contributed by atoms with Crippen LogP contribution in [0.5, 0.6) is 17.2 Å². The van der Waals surface area contributed by atoms with Gasteiger partial charge < -0.3 is 24.7 Å². The summed E-state index contributed by atoms with van der Waals surface area (Å²) < 4.78 is 34.1. The second-order valence-electron chi connectivity index (χ2n) is 5.85. The molecule has 1 amide bonds. The molecule has 1 aliphatic heterocycles. The van der Waals surface area contributed by atoms with Gasteiger partial charge in [0, 0.05) is 5.56 Å². The first-order valence-corrected chi connectivity index (χ1v) is 8.37. The van der Waals surface area contributed by atoms with Gasteiger partial charge in [-0.2, -0.15) is 0 Å². The first-order chi connectivity index (χ1) is 13.9. The van der Waals surface area contributed by atoms with Crippen molar-refractivity contribution in [1.29, 1.82) is 0 Å². The predicted molar refractivity (Wildman–Crippen MR) is 101 cm³/mol. The highest BCUT2D eigenvalue weighted by atomic mass is 19.1. The average molecular weight is 400 g/mol. The van der Waals surface area contributed by atoms with Crippen LogP contribution in [-0.2, 0) is 14.3 Å². The molecule has 2 aromatic carbocycles. The van der Waals surface area contributed by atoms with Crippen LogP contribution in [0.15, 0.2) is 47.1 Å². The lowest BCUT2D eigenvalue weighted by Gasteiger charge is -2.14. The van der Waals surface area contributed by atoms with Crippen molar-refractivity contribution in [1.82, 2.24) is 0 Å². The molecule has 0 fully saturated rings. The smallest absolute Gasteiger partial charge is 0.363 e. The number of primary amides is 1. The van der Waals surface area contributed by atoms with E-state index in [0.29, 0.717) is 11.1 Å². The zero-order valence-corrected chi connectivity index (χ0v) is 15.6. The number of carbonyl (C=O) groups is 2. The third kappa shape index (κ3) is 4.52. The Morgan fingerprint density at radius 1 is 1.17 bits per heavy atom. The fourth-order valence-electron chi connectivity index (χ4n) is 2.55. The van der Waals surface area contributed by atoms with E-state index in [0.717, 1.165) is 0 Å². The van der Waals surface area contributed by atoms with Gasteiger partial charge in [-0.25, -0.2) is 14.2 Å². The molecule has 0 aromatic heterocycles. The van der Waals surface area contributed by atoms with Gasteiger partial charge in [0.25, 0.3) is 5.91 Å². The van der Waals surface area contributed by atoms with E-state index >= 15 is 0 Å². The number of benzene rings is 2. The van der Waals surface area contributed by atoms with Gasteiger partial charge in [-0.1, -0.05) is 0 Å². The Hall–Kier alpha value is -3.88. The van der Waals surface area contributed by atoms with E-state index in [2.05, 4.69) is 4.99 Å².